The Morgan fingerprint density at radius 1 is 0.925 bits per heavy atom. The van der Waals surface area contributed by atoms with Crippen LogP contribution < -0.4 is 9.47 Å². The smallest absolute Gasteiger partial charge is 0.410 e. The quantitative estimate of drug-likeness (QED) is 0.289. The second-order valence-corrected chi connectivity index (χ2v) is 9.75. The van der Waals surface area contributed by atoms with E-state index >= 15 is 0 Å². The fraction of sp³-hybridized carbons (Fsp3) is 0.300. The number of carbonyl (C=O) groups excluding carboxylic acids is 1. The number of piperidine rings is 1. The zero-order valence-electron chi connectivity index (χ0n) is 22.3. The summed E-state index contributed by atoms with van der Waals surface area (Å²) in [6.45, 7) is 1.40. The van der Waals surface area contributed by atoms with Crippen LogP contribution in [0.5, 0.6) is 11.5 Å². The van der Waals surface area contributed by atoms with Crippen LogP contribution in [-0.2, 0) is 27.4 Å². The van der Waals surface area contributed by atoms with Crippen molar-refractivity contribution < 1.29 is 28.5 Å². The predicted octanol–water partition coefficient (Wildman–Crippen LogP) is 4.26. The van der Waals surface area contributed by atoms with Crippen molar-refractivity contribution >= 4 is 6.09 Å². The molecule has 0 spiro atoms. The lowest BCUT2D eigenvalue weighted by atomic mass is 10.1. The van der Waals surface area contributed by atoms with Gasteiger partial charge in [0.15, 0.2) is 0 Å². The molecule has 1 amide bonds. The Hall–Kier alpha value is -4.41. The highest BCUT2D eigenvalue weighted by molar-refractivity contribution is 5.68. The van der Waals surface area contributed by atoms with E-state index in [0.717, 1.165) is 28.1 Å². The summed E-state index contributed by atoms with van der Waals surface area (Å²) >= 11 is 0. The molecule has 3 heterocycles. The maximum absolute atomic E-state index is 12.8. The zero-order valence-corrected chi connectivity index (χ0v) is 22.3. The number of hydrogen-bond acceptors (Lipinski definition) is 8. The Morgan fingerprint density at radius 3 is 2.40 bits per heavy atom. The molecule has 0 aliphatic carbocycles. The maximum atomic E-state index is 12.8. The highest BCUT2D eigenvalue weighted by atomic mass is 16.6. The van der Waals surface area contributed by atoms with E-state index in [1.54, 1.807) is 29.9 Å². The third kappa shape index (κ3) is 5.78. The molecule has 2 saturated heterocycles. The maximum Gasteiger partial charge on any atom is 0.410 e. The van der Waals surface area contributed by atoms with E-state index in [1.807, 2.05) is 72.9 Å². The topological polar surface area (TPSA) is 100 Å². The van der Waals surface area contributed by atoms with E-state index in [0.29, 0.717) is 31.2 Å². The van der Waals surface area contributed by atoms with Gasteiger partial charge in [-0.05, 0) is 35.4 Å². The molecule has 0 bridgehead atoms. The van der Waals surface area contributed by atoms with Crippen molar-refractivity contribution in [2.75, 3.05) is 27.3 Å². The van der Waals surface area contributed by atoms with Crippen molar-refractivity contribution in [1.29, 1.82) is 0 Å². The summed E-state index contributed by atoms with van der Waals surface area (Å²) in [6, 6.07) is 23.3. The summed E-state index contributed by atoms with van der Waals surface area (Å²) in [5.41, 5.74) is 4.53. The molecule has 0 unspecified atom stereocenters. The molecule has 0 N–H and O–H groups in total. The summed E-state index contributed by atoms with van der Waals surface area (Å²) in [4.78, 5) is 14.5. The number of ether oxygens (including phenoxy) is 5. The lowest BCUT2D eigenvalue weighted by molar-refractivity contribution is -0.00672. The molecule has 10 heteroatoms. The average molecular weight is 543 g/mol. The third-order valence-electron chi connectivity index (χ3n) is 7.05. The van der Waals surface area contributed by atoms with Gasteiger partial charge in [-0.25, -0.2) is 9.48 Å². The molecular formula is C30H30N4O6. The number of aromatic nitrogens is 3. The third-order valence-corrected chi connectivity index (χ3v) is 7.05. The minimum Gasteiger partial charge on any atom is -0.497 e. The van der Waals surface area contributed by atoms with Crippen molar-refractivity contribution in [2.45, 2.75) is 31.5 Å². The van der Waals surface area contributed by atoms with Crippen molar-refractivity contribution in [3.8, 4) is 28.4 Å². The highest BCUT2D eigenvalue weighted by Gasteiger charge is 2.52. The first-order chi connectivity index (χ1) is 19.6. The van der Waals surface area contributed by atoms with Gasteiger partial charge in [0, 0.05) is 11.6 Å². The number of rotatable bonds is 9. The standard InChI is InChI=1S/C30H30N4O6/c1-36-24-12-21(13-25(14-24)37-2)19-39-30(35)33-16-27(29-28(17-33)40-29)38-18-20-8-10-23(11-9-20)34-15-26(31-32-34)22-6-4-3-5-7-22/h3-15,27-29H,16-19H2,1-2H3/t27-,28-,29+/m1/s1. The molecule has 0 saturated carbocycles. The van der Waals surface area contributed by atoms with Gasteiger partial charge >= 0.3 is 6.09 Å². The Morgan fingerprint density at radius 2 is 1.68 bits per heavy atom. The van der Waals surface area contributed by atoms with Crippen LogP contribution in [0, 0.1) is 0 Å². The molecule has 2 aliphatic rings. The minimum atomic E-state index is -0.406. The molecule has 3 aromatic carbocycles. The van der Waals surface area contributed by atoms with Crippen LogP contribution in [0.1, 0.15) is 11.1 Å². The first-order valence-corrected chi connectivity index (χ1v) is 13.1. The zero-order chi connectivity index (χ0) is 27.5. The van der Waals surface area contributed by atoms with Crippen LogP contribution >= 0.6 is 0 Å². The summed E-state index contributed by atoms with van der Waals surface area (Å²) in [6.07, 6.45) is 1.24. The van der Waals surface area contributed by atoms with Gasteiger partial charge < -0.3 is 28.6 Å². The molecule has 206 valence electrons. The van der Waals surface area contributed by atoms with Gasteiger partial charge in [0.2, 0.25) is 0 Å². The summed E-state index contributed by atoms with van der Waals surface area (Å²) in [5.74, 6) is 1.27. The molecule has 3 atom stereocenters. The van der Waals surface area contributed by atoms with Crippen molar-refractivity contribution in [2.24, 2.45) is 0 Å². The second kappa shape index (κ2) is 11.4. The van der Waals surface area contributed by atoms with Crippen molar-refractivity contribution in [3.05, 3.63) is 90.1 Å². The summed E-state index contributed by atoms with van der Waals surface area (Å²) in [7, 11) is 3.16. The Labute approximate surface area is 232 Å². The number of methoxy groups -OCH3 is 2. The van der Waals surface area contributed by atoms with E-state index in [2.05, 4.69) is 10.3 Å². The van der Waals surface area contributed by atoms with Crippen LogP contribution in [-0.4, -0.2) is 71.6 Å². The second-order valence-electron chi connectivity index (χ2n) is 9.75. The normalized spacial score (nSPS) is 19.6. The minimum absolute atomic E-state index is 0.00229. The first kappa shape index (κ1) is 25.8. The van der Waals surface area contributed by atoms with E-state index in [-0.39, 0.29) is 24.9 Å². The number of benzene rings is 3. The average Bonchev–Trinajstić information content (AvgIpc) is 3.64. The first-order valence-electron chi connectivity index (χ1n) is 13.1. The molecule has 4 aromatic rings. The number of hydrogen-bond donors (Lipinski definition) is 0. The number of amides is 1. The Bertz CT molecular complexity index is 1440. The van der Waals surface area contributed by atoms with Gasteiger partial charge in [0.25, 0.3) is 0 Å². The van der Waals surface area contributed by atoms with E-state index in [1.165, 1.54) is 0 Å². The lowest BCUT2D eigenvalue weighted by Gasteiger charge is -2.29. The fourth-order valence-corrected chi connectivity index (χ4v) is 4.81. The molecule has 0 radical (unpaired) electrons. The monoisotopic (exact) mass is 542 g/mol. The van der Waals surface area contributed by atoms with Crippen molar-refractivity contribution in [3.63, 3.8) is 0 Å². The number of epoxide rings is 1. The Kier molecular flexibility index (Phi) is 7.35. The van der Waals surface area contributed by atoms with Crippen LogP contribution in [0.25, 0.3) is 16.9 Å². The molecular weight excluding hydrogens is 512 g/mol. The van der Waals surface area contributed by atoms with Gasteiger partial charge in [-0.3, -0.25) is 0 Å². The summed E-state index contributed by atoms with van der Waals surface area (Å²) in [5, 5.41) is 8.54. The molecule has 1 aromatic heterocycles. The lowest BCUT2D eigenvalue weighted by Crippen LogP contribution is -2.47. The van der Waals surface area contributed by atoms with Crippen molar-refractivity contribution in [1.82, 2.24) is 19.9 Å². The molecule has 2 aliphatic heterocycles. The number of fused-ring (bicyclic) bond motifs is 1. The summed E-state index contributed by atoms with van der Waals surface area (Å²) < 4.78 is 29.9. The van der Waals surface area contributed by atoms with Gasteiger partial charge in [-0.15, -0.1) is 5.10 Å². The van der Waals surface area contributed by atoms with Crippen LogP contribution in [0.3, 0.4) is 0 Å². The van der Waals surface area contributed by atoms with E-state index in [4.69, 9.17) is 23.7 Å². The number of nitrogens with zero attached hydrogens (tertiary/aromatic N) is 4. The number of likely N-dealkylation sites (tertiary alicyclic amines) is 1. The van der Waals surface area contributed by atoms with Crippen LogP contribution in [0.15, 0.2) is 79.0 Å². The van der Waals surface area contributed by atoms with Crippen LogP contribution in [0.4, 0.5) is 4.79 Å². The number of carbonyl (C=O) groups is 1. The largest absolute Gasteiger partial charge is 0.497 e. The fourth-order valence-electron chi connectivity index (χ4n) is 4.81. The highest BCUT2D eigenvalue weighted by Crippen LogP contribution is 2.34. The molecule has 6 rings (SSSR count). The van der Waals surface area contributed by atoms with E-state index in [9.17, 15) is 4.79 Å². The van der Waals surface area contributed by atoms with Gasteiger partial charge in [-0.2, -0.15) is 0 Å². The SMILES string of the molecule is COc1cc(COC(=O)N2C[C@@H](OCc3ccc(-n4cc(-c5ccccc5)nn4)cc3)[C@@H]3O[C@@H]3C2)cc(OC)c1. The van der Waals surface area contributed by atoms with Gasteiger partial charge in [0.1, 0.15) is 42.1 Å². The van der Waals surface area contributed by atoms with Gasteiger partial charge in [0.05, 0.1) is 45.8 Å². The predicted molar refractivity (Wildman–Crippen MR) is 145 cm³/mol. The van der Waals surface area contributed by atoms with E-state index < -0.39 is 6.09 Å². The van der Waals surface area contributed by atoms with Crippen LogP contribution in [0.2, 0.25) is 0 Å². The van der Waals surface area contributed by atoms with Gasteiger partial charge in [-0.1, -0.05) is 47.7 Å². The Balaban J connectivity index is 1.02. The molecule has 10 nitrogen and oxygen atoms in total. The molecule has 40 heavy (non-hydrogen) atoms. The molecule has 2 fully saturated rings.